The van der Waals surface area contributed by atoms with E-state index in [4.69, 9.17) is 16.7 Å². The fraction of sp³-hybridized carbons (Fsp3) is 0.727. The van der Waals surface area contributed by atoms with Crippen LogP contribution in [0.5, 0.6) is 0 Å². The van der Waals surface area contributed by atoms with Crippen LogP contribution < -0.4 is 0 Å². The molecule has 0 amide bonds. The van der Waals surface area contributed by atoms with E-state index < -0.39 is 0 Å². The molecule has 0 atom stereocenters. The van der Waals surface area contributed by atoms with Crippen LogP contribution in [0.2, 0.25) is 5.02 Å². The molecule has 0 aliphatic heterocycles. The summed E-state index contributed by atoms with van der Waals surface area (Å²) in [5.41, 5.74) is 1.85. The summed E-state index contributed by atoms with van der Waals surface area (Å²) in [5, 5.41) is 14.0. The van der Waals surface area contributed by atoms with Crippen LogP contribution in [-0.2, 0) is 13.6 Å². The molecule has 0 aliphatic carbocycles. The van der Waals surface area contributed by atoms with Crippen LogP contribution in [0.4, 0.5) is 0 Å². The van der Waals surface area contributed by atoms with Gasteiger partial charge in [0.2, 0.25) is 0 Å². The van der Waals surface area contributed by atoms with Crippen molar-refractivity contribution in [1.82, 2.24) is 14.7 Å². The maximum Gasteiger partial charge on any atom is 0.0860 e. The lowest BCUT2D eigenvalue weighted by Crippen LogP contribution is -2.33. The molecule has 16 heavy (non-hydrogen) atoms. The maximum absolute atomic E-state index is 9.01. The van der Waals surface area contributed by atoms with Crippen LogP contribution in [0, 0.1) is 6.92 Å². The summed E-state index contributed by atoms with van der Waals surface area (Å²) >= 11 is 6.19. The van der Waals surface area contributed by atoms with Crippen LogP contribution in [0.15, 0.2) is 0 Å². The summed E-state index contributed by atoms with van der Waals surface area (Å²) in [5.74, 6) is 0. The van der Waals surface area contributed by atoms with Gasteiger partial charge in [-0.15, -0.1) is 0 Å². The fourth-order valence-electron chi connectivity index (χ4n) is 1.69. The van der Waals surface area contributed by atoms with Crippen molar-refractivity contribution in [2.24, 2.45) is 7.05 Å². The van der Waals surface area contributed by atoms with Crippen LogP contribution in [-0.4, -0.2) is 39.0 Å². The first-order valence-corrected chi connectivity index (χ1v) is 5.88. The minimum Gasteiger partial charge on any atom is -0.395 e. The maximum atomic E-state index is 9.01. The highest BCUT2D eigenvalue weighted by Crippen LogP contribution is 2.21. The van der Waals surface area contributed by atoms with Gasteiger partial charge in [0.25, 0.3) is 0 Å². The van der Waals surface area contributed by atoms with Gasteiger partial charge in [-0.3, -0.25) is 9.58 Å². The normalized spacial score (nSPS) is 11.8. The molecule has 0 bridgehead atoms. The van der Waals surface area contributed by atoms with Crippen molar-refractivity contribution < 1.29 is 5.11 Å². The Kier molecular flexibility index (Phi) is 4.77. The smallest absolute Gasteiger partial charge is 0.0860 e. The van der Waals surface area contributed by atoms with Crippen molar-refractivity contribution in [3.8, 4) is 0 Å². The number of hydrogen-bond donors (Lipinski definition) is 1. The van der Waals surface area contributed by atoms with E-state index in [2.05, 4.69) is 23.8 Å². The van der Waals surface area contributed by atoms with Gasteiger partial charge in [-0.1, -0.05) is 11.6 Å². The van der Waals surface area contributed by atoms with Gasteiger partial charge in [0, 0.05) is 26.2 Å². The zero-order valence-electron chi connectivity index (χ0n) is 10.4. The molecule has 0 saturated carbocycles. The second-order valence-corrected chi connectivity index (χ2v) is 4.64. The van der Waals surface area contributed by atoms with Crippen LogP contribution in [0.3, 0.4) is 0 Å². The quantitative estimate of drug-likeness (QED) is 0.857. The van der Waals surface area contributed by atoms with Gasteiger partial charge in [0.15, 0.2) is 0 Å². The monoisotopic (exact) mass is 245 g/mol. The molecule has 0 aromatic carbocycles. The predicted octanol–water partition coefficient (Wildman–Crippen LogP) is 1.58. The van der Waals surface area contributed by atoms with Crippen LogP contribution >= 0.6 is 11.6 Å². The first kappa shape index (κ1) is 13.5. The number of halogens is 1. The summed E-state index contributed by atoms with van der Waals surface area (Å²) in [6, 6.07) is 0.374. The van der Waals surface area contributed by atoms with E-state index >= 15 is 0 Å². The van der Waals surface area contributed by atoms with Gasteiger partial charge in [-0.2, -0.15) is 5.10 Å². The van der Waals surface area contributed by atoms with Crippen LogP contribution in [0.25, 0.3) is 0 Å². The number of aliphatic hydroxyl groups is 1. The molecule has 0 saturated heterocycles. The molecular weight excluding hydrogens is 226 g/mol. The van der Waals surface area contributed by atoms with E-state index in [1.165, 1.54) is 0 Å². The highest BCUT2D eigenvalue weighted by Gasteiger charge is 2.16. The third-order valence-electron chi connectivity index (χ3n) is 2.73. The van der Waals surface area contributed by atoms with E-state index in [1.807, 2.05) is 18.7 Å². The largest absolute Gasteiger partial charge is 0.395 e. The van der Waals surface area contributed by atoms with E-state index in [9.17, 15) is 0 Å². The minimum atomic E-state index is 0.159. The lowest BCUT2D eigenvalue weighted by molar-refractivity contribution is 0.156. The van der Waals surface area contributed by atoms with Gasteiger partial charge < -0.3 is 5.11 Å². The van der Waals surface area contributed by atoms with Crippen LogP contribution in [0.1, 0.15) is 25.2 Å². The van der Waals surface area contributed by atoms with Crippen molar-refractivity contribution in [2.75, 3.05) is 13.2 Å². The zero-order valence-corrected chi connectivity index (χ0v) is 11.1. The van der Waals surface area contributed by atoms with Gasteiger partial charge in [-0.05, 0) is 20.8 Å². The molecule has 1 rings (SSSR count). The van der Waals surface area contributed by atoms with Gasteiger partial charge in [-0.25, -0.2) is 0 Å². The summed E-state index contributed by atoms with van der Waals surface area (Å²) in [7, 11) is 1.89. The van der Waals surface area contributed by atoms with Gasteiger partial charge in [0.1, 0.15) is 0 Å². The topological polar surface area (TPSA) is 41.3 Å². The molecule has 5 heteroatoms. The molecule has 92 valence electrons. The number of hydrogen-bond acceptors (Lipinski definition) is 3. The van der Waals surface area contributed by atoms with Crippen molar-refractivity contribution in [3.05, 3.63) is 16.4 Å². The molecule has 1 heterocycles. The second-order valence-electron chi connectivity index (χ2n) is 4.26. The molecule has 0 unspecified atom stereocenters. The SMILES string of the molecule is Cc1nn(C)c(CN(CCO)C(C)C)c1Cl. The van der Waals surface area contributed by atoms with Gasteiger partial charge in [0.05, 0.1) is 23.0 Å². The van der Waals surface area contributed by atoms with Crippen molar-refractivity contribution >= 4 is 11.6 Å². The Balaban J connectivity index is 2.84. The molecule has 0 radical (unpaired) electrons. The molecule has 1 aromatic rings. The molecule has 0 fully saturated rings. The highest BCUT2D eigenvalue weighted by atomic mass is 35.5. The summed E-state index contributed by atoms with van der Waals surface area (Å²) in [6.45, 7) is 7.64. The lowest BCUT2D eigenvalue weighted by atomic mass is 10.2. The average Bonchev–Trinajstić information content (AvgIpc) is 2.43. The molecule has 4 nitrogen and oxygen atoms in total. The first-order valence-electron chi connectivity index (χ1n) is 5.50. The number of nitrogens with zero attached hydrogens (tertiary/aromatic N) is 3. The number of aromatic nitrogens is 2. The minimum absolute atomic E-state index is 0.159. The number of rotatable bonds is 5. The zero-order chi connectivity index (χ0) is 12.3. The number of aryl methyl sites for hydroxylation is 2. The Morgan fingerprint density at radius 1 is 1.50 bits per heavy atom. The van der Waals surface area contributed by atoms with Crippen molar-refractivity contribution in [2.45, 2.75) is 33.4 Å². The first-order chi connectivity index (χ1) is 7.47. The van der Waals surface area contributed by atoms with E-state index in [-0.39, 0.29) is 6.61 Å². The van der Waals surface area contributed by atoms with E-state index in [1.54, 1.807) is 0 Å². The van der Waals surface area contributed by atoms with Crippen molar-refractivity contribution in [1.29, 1.82) is 0 Å². The van der Waals surface area contributed by atoms with E-state index in [0.717, 1.165) is 16.4 Å². The average molecular weight is 246 g/mol. The summed E-state index contributed by atoms with van der Waals surface area (Å²) in [6.07, 6.45) is 0. The second kappa shape index (κ2) is 5.66. The summed E-state index contributed by atoms with van der Waals surface area (Å²) < 4.78 is 1.81. The number of aliphatic hydroxyl groups excluding tert-OH is 1. The molecular formula is C11H20ClN3O. The molecule has 1 N–H and O–H groups in total. The predicted molar refractivity (Wildman–Crippen MR) is 65.6 cm³/mol. The Morgan fingerprint density at radius 2 is 2.12 bits per heavy atom. The molecule has 0 aliphatic rings. The lowest BCUT2D eigenvalue weighted by Gasteiger charge is -2.25. The highest BCUT2D eigenvalue weighted by molar-refractivity contribution is 6.31. The van der Waals surface area contributed by atoms with E-state index in [0.29, 0.717) is 19.1 Å². The fourth-order valence-corrected chi connectivity index (χ4v) is 1.91. The Bertz CT molecular complexity index is 349. The standard InChI is InChI=1S/C11H20ClN3O/c1-8(2)15(5-6-16)7-10-11(12)9(3)13-14(10)4/h8,16H,5-7H2,1-4H3. The molecule has 1 aromatic heterocycles. The Labute approximate surface area is 102 Å². The third kappa shape index (κ3) is 2.97. The Hall–Kier alpha value is -0.580. The van der Waals surface area contributed by atoms with Gasteiger partial charge >= 0.3 is 0 Å². The third-order valence-corrected chi connectivity index (χ3v) is 3.22. The summed E-state index contributed by atoms with van der Waals surface area (Å²) in [4.78, 5) is 2.17. The van der Waals surface area contributed by atoms with Crippen molar-refractivity contribution in [3.63, 3.8) is 0 Å². The Morgan fingerprint density at radius 3 is 2.50 bits per heavy atom. The molecule has 0 spiro atoms.